The second kappa shape index (κ2) is 6.92. The quantitative estimate of drug-likeness (QED) is 0.840. The third kappa shape index (κ3) is 3.65. The third-order valence-corrected chi connectivity index (χ3v) is 4.22. The molecule has 0 radical (unpaired) electrons. The van der Waals surface area contributed by atoms with Crippen LogP contribution in [0.15, 0.2) is 18.2 Å². The molecule has 1 fully saturated rings. The molecule has 1 N–H and O–H groups in total. The summed E-state index contributed by atoms with van der Waals surface area (Å²) in [6.07, 6.45) is 5.33. The second-order valence-electron chi connectivity index (χ2n) is 5.85. The Morgan fingerprint density at radius 2 is 2.09 bits per heavy atom. The SMILES string of the molecule is O=C(COC(=O)c1ccc2c(c1)CCC2)NCC1CCCO1. The number of carbonyl (C=O) groups is 2. The van der Waals surface area contributed by atoms with Crippen molar-refractivity contribution in [1.82, 2.24) is 5.32 Å². The molecule has 0 spiro atoms. The standard InChI is InChI=1S/C17H21NO4/c19-16(18-10-15-5-2-8-21-15)11-22-17(20)14-7-6-12-3-1-4-13(12)9-14/h6-7,9,15H,1-5,8,10-11H2,(H,18,19). The van der Waals surface area contributed by atoms with Gasteiger partial charge in [0.25, 0.3) is 5.91 Å². The number of nitrogens with one attached hydrogen (secondary N) is 1. The summed E-state index contributed by atoms with van der Waals surface area (Å²) in [5.41, 5.74) is 3.05. The zero-order valence-corrected chi connectivity index (χ0v) is 12.6. The van der Waals surface area contributed by atoms with Gasteiger partial charge in [0.05, 0.1) is 11.7 Å². The number of fused-ring (bicyclic) bond motifs is 1. The zero-order chi connectivity index (χ0) is 15.4. The lowest BCUT2D eigenvalue weighted by Gasteiger charge is -2.11. The molecule has 1 amide bonds. The summed E-state index contributed by atoms with van der Waals surface area (Å²) in [7, 11) is 0. The summed E-state index contributed by atoms with van der Waals surface area (Å²) in [4.78, 5) is 23.7. The van der Waals surface area contributed by atoms with E-state index in [4.69, 9.17) is 9.47 Å². The van der Waals surface area contributed by atoms with E-state index in [0.717, 1.165) is 38.7 Å². The molecule has 1 aliphatic carbocycles. The largest absolute Gasteiger partial charge is 0.452 e. The summed E-state index contributed by atoms with van der Waals surface area (Å²) in [5.74, 6) is -0.730. The summed E-state index contributed by atoms with van der Waals surface area (Å²) >= 11 is 0. The summed E-state index contributed by atoms with van der Waals surface area (Å²) in [5, 5.41) is 2.73. The first-order chi connectivity index (χ1) is 10.7. The van der Waals surface area contributed by atoms with Crippen LogP contribution >= 0.6 is 0 Å². The molecule has 1 aromatic rings. The zero-order valence-electron chi connectivity index (χ0n) is 12.6. The van der Waals surface area contributed by atoms with Crippen LogP contribution in [-0.2, 0) is 27.1 Å². The molecular formula is C17H21NO4. The van der Waals surface area contributed by atoms with Crippen molar-refractivity contribution in [2.45, 2.75) is 38.2 Å². The highest BCUT2D eigenvalue weighted by atomic mass is 16.5. The van der Waals surface area contributed by atoms with E-state index in [1.165, 1.54) is 11.1 Å². The summed E-state index contributed by atoms with van der Waals surface area (Å²) in [6, 6.07) is 5.64. The molecule has 1 unspecified atom stereocenters. The monoisotopic (exact) mass is 303 g/mol. The number of hydrogen-bond acceptors (Lipinski definition) is 4. The van der Waals surface area contributed by atoms with Crippen molar-refractivity contribution in [3.63, 3.8) is 0 Å². The predicted molar refractivity (Wildman–Crippen MR) is 80.7 cm³/mol. The Morgan fingerprint density at radius 3 is 2.91 bits per heavy atom. The lowest BCUT2D eigenvalue weighted by molar-refractivity contribution is -0.124. The number of aryl methyl sites for hydroxylation is 2. The van der Waals surface area contributed by atoms with Gasteiger partial charge < -0.3 is 14.8 Å². The van der Waals surface area contributed by atoms with E-state index in [-0.39, 0.29) is 18.6 Å². The molecule has 1 heterocycles. The van der Waals surface area contributed by atoms with E-state index in [1.54, 1.807) is 6.07 Å². The molecule has 1 aliphatic heterocycles. The Kier molecular flexibility index (Phi) is 4.73. The van der Waals surface area contributed by atoms with Crippen LogP contribution in [0, 0.1) is 0 Å². The highest BCUT2D eigenvalue weighted by molar-refractivity contribution is 5.91. The van der Waals surface area contributed by atoms with Gasteiger partial charge in [-0.15, -0.1) is 0 Å². The fourth-order valence-corrected chi connectivity index (χ4v) is 3.00. The minimum atomic E-state index is -0.443. The second-order valence-corrected chi connectivity index (χ2v) is 5.85. The van der Waals surface area contributed by atoms with Gasteiger partial charge in [0.2, 0.25) is 0 Å². The van der Waals surface area contributed by atoms with Crippen molar-refractivity contribution in [1.29, 1.82) is 0 Å². The Morgan fingerprint density at radius 1 is 1.23 bits per heavy atom. The Hall–Kier alpha value is -1.88. The van der Waals surface area contributed by atoms with Crippen molar-refractivity contribution < 1.29 is 19.1 Å². The van der Waals surface area contributed by atoms with Gasteiger partial charge in [0.15, 0.2) is 6.61 Å². The van der Waals surface area contributed by atoms with Crippen LogP contribution < -0.4 is 5.32 Å². The van der Waals surface area contributed by atoms with Gasteiger partial charge in [-0.2, -0.15) is 0 Å². The topological polar surface area (TPSA) is 64.6 Å². The van der Waals surface area contributed by atoms with E-state index in [2.05, 4.69) is 5.32 Å². The number of benzene rings is 1. The van der Waals surface area contributed by atoms with Crippen LogP contribution in [0.25, 0.3) is 0 Å². The first-order valence-electron chi connectivity index (χ1n) is 7.89. The van der Waals surface area contributed by atoms with E-state index >= 15 is 0 Å². The van der Waals surface area contributed by atoms with E-state index in [0.29, 0.717) is 12.1 Å². The number of esters is 1. The van der Waals surface area contributed by atoms with Crippen molar-refractivity contribution in [3.8, 4) is 0 Å². The van der Waals surface area contributed by atoms with Crippen molar-refractivity contribution in [2.75, 3.05) is 19.8 Å². The molecule has 1 saturated heterocycles. The molecule has 0 saturated carbocycles. The maximum Gasteiger partial charge on any atom is 0.338 e. The lowest BCUT2D eigenvalue weighted by Crippen LogP contribution is -2.34. The van der Waals surface area contributed by atoms with Gasteiger partial charge in [0, 0.05) is 13.2 Å². The number of rotatable bonds is 5. The Bertz CT molecular complexity index is 564. The van der Waals surface area contributed by atoms with Crippen molar-refractivity contribution >= 4 is 11.9 Å². The maximum absolute atomic E-state index is 12.0. The minimum Gasteiger partial charge on any atom is -0.452 e. The molecule has 0 bridgehead atoms. The van der Waals surface area contributed by atoms with Gasteiger partial charge >= 0.3 is 5.97 Å². The first-order valence-corrected chi connectivity index (χ1v) is 7.89. The van der Waals surface area contributed by atoms with Crippen LogP contribution in [0.1, 0.15) is 40.7 Å². The number of amides is 1. The molecule has 5 heteroatoms. The molecule has 22 heavy (non-hydrogen) atoms. The molecule has 1 aromatic carbocycles. The van der Waals surface area contributed by atoms with E-state index < -0.39 is 5.97 Å². The highest BCUT2D eigenvalue weighted by Gasteiger charge is 2.18. The van der Waals surface area contributed by atoms with Crippen LogP contribution in [-0.4, -0.2) is 37.7 Å². The highest BCUT2D eigenvalue weighted by Crippen LogP contribution is 2.23. The minimum absolute atomic E-state index is 0.0939. The van der Waals surface area contributed by atoms with E-state index in [9.17, 15) is 9.59 Å². The summed E-state index contributed by atoms with van der Waals surface area (Å²) < 4.78 is 10.5. The molecular weight excluding hydrogens is 282 g/mol. The maximum atomic E-state index is 12.0. The van der Waals surface area contributed by atoms with E-state index in [1.807, 2.05) is 12.1 Å². The van der Waals surface area contributed by atoms with Gasteiger partial charge in [-0.3, -0.25) is 4.79 Å². The molecule has 0 aromatic heterocycles. The number of ether oxygens (including phenoxy) is 2. The molecule has 118 valence electrons. The normalized spacial score (nSPS) is 19.7. The molecule has 1 atom stereocenters. The average molecular weight is 303 g/mol. The number of hydrogen-bond donors (Lipinski definition) is 1. The van der Waals surface area contributed by atoms with Gasteiger partial charge in [-0.05, 0) is 55.4 Å². The number of carbonyl (C=O) groups excluding carboxylic acids is 2. The first kappa shape index (κ1) is 15.0. The fraction of sp³-hybridized carbons (Fsp3) is 0.529. The summed E-state index contributed by atoms with van der Waals surface area (Å²) in [6.45, 7) is 0.992. The third-order valence-electron chi connectivity index (χ3n) is 4.22. The molecule has 3 rings (SSSR count). The van der Waals surface area contributed by atoms with Crippen molar-refractivity contribution in [3.05, 3.63) is 34.9 Å². The van der Waals surface area contributed by atoms with Crippen LogP contribution in [0.3, 0.4) is 0 Å². The Labute approximate surface area is 130 Å². The van der Waals surface area contributed by atoms with Crippen molar-refractivity contribution in [2.24, 2.45) is 0 Å². The van der Waals surface area contributed by atoms with Gasteiger partial charge in [-0.25, -0.2) is 4.79 Å². The fourth-order valence-electron chi connectivity index (χ4n) is 3.00. The van der Waals surface area contributed by atoms with Gasteiger partial charge in [-0.1, -0.05) is 6.07 Å². The van der Waals surface area contributed by atoms with Crippen LogP contribution in [0.2, 0.25) is 0 Å². The average Bonchev–Trinajstić information content (AvgIpc) is 3.20. The smallest absolute Gasteiger partial charge is 0.338 e. The molecule has 5 nitrogen and oxygen atoms in total. The lowest BCUT2D eigenvalue weighted by atomic mass is 10.1. The Balaban J connectivity index is 1.44. The van der Waals surface area contributed by atoms with Gasteiger partial charge in [0.1, 0.15) is 0 Å². The van der Waals surface area contributed by atoms with Crippen LogP contribution in [0.4, 0.5) is 0 Å². The molecule has 2 aliphatic rings. The van der Waals surface area contributed by atoms with Crippen LogP contribution in [0.5, 0.6) is 0 Å². The predicted octanol–water partition coefficient (Wildman–Crippen LogP) is 1.63.